The van der Waals surface area contributed by atoms with Gasteiger partial charge in [0.1, 0.15) is 12.1 Å². The maximum absolute atomic E-state index is 15.0. The van der Waals surface area contributed by atoms with Crippen molar-refractivity contribution in [2.24, 2.45) is 0 Å². The minimum atomic E-state index is -6.95. The van der Waals surface area contributed by atoms with E-state index in [4.69, 9.17) is 0 Å². The molecule has 0 saturated carbocycles. The quantitative estimate of drug-likeness (QED) is 0.246. The predicted molar refractivity (Wildman–Crippen MR) is 145 cm³/mol. The molecule has 17 heteroatoms. The summed E-state index contributed by atoms with van der Waals surface area (Å²) in [6, 6.07) is 11.6. The van der Waals surface area contributed by atoms with Crippen LogP contribution in [0.25, 0.3) is 0 Å². The fourth-order valence-electron chi connectivity index (χ4n) is 3.88. The van der Waals surface area contributed by atoms with Crippen molar-refractivity contribution in [2.75, 3.05) is 10.6 Å². The number of carbonyl (C=O) groups excluding carboxylic acids is 2. The molecule has 230 valence electrons. The molecular weight excluding hydrogens is 743 g/mol. The Hall–Kier alpha value is -4.09. The summed E-state index contributed by atoms with van der Waals surface area (Å²) in [7, 11) is 0. The van der Waals surface area contributed by atoms with Crippen molar-refractivity contribution < 1.29 is 49.1 Å². The fraction of sp³-hybridized carbons (Fsp3) is 0.185. The number of hydrogen-bond donors (Lipinski definition) is 2. The Labute approximate surface area is 258 Å². The Balaban J connectivity index is 2.07. The van der Waals surface area contributed by atoms with Gasteiger partial charge in [0.2, 0.25) is 0 Å². The molecule has 3 aromatic carbocycles. The minimum Gasteiger partial charge on any atom is -0.321 e. The van der Waals surface area contributed by atoms with E-state index < -0.39 is 67.1 Å². The molecule has 0 aliphatic rings. The highest BCUT2D eigenvalue weighted by molar-refractivity contribution is 9.11. The van der Waals surface area contributed by atoms with Crippen LogP contribution < -0.4 is 10.6 Å². The number of nitrogens with zero attached hydrogens (tertiary/aromatic N) is 2. The first kappa shape index (κ1) is 34.4. The van der Waals surface area contributed by atoms with Crippen molar-refractivity contribution >= 4 is 55.0 Å². The fourth-order valence-corrected chi connectivity index (χ4v) is 5.27. The van der Waals surface area contributed by atoms with E-state index in [1.54, 1.807) is 37.3 Å². The van der Waals surface area contributed by atoms with Crippen LogP contribution in [0, 0.1) is 29.6 Å². The normalized spacial score (nSPS) is 13.3. The maximum Gasteiger partial charge on any atom is 0.457 e. The van der Waals surface area contributed by atoms with Crippen LogP contribution in [0.3, 0.4) is 0 Å². The number of carbonyl (C=O) groups is 2. The number of hydrogen-bond acceptors (Lipinski definition) is 4. The van der Waals surface area contributed by atoms with Gasteiger partial charge in [-0.05, 0) is 74.7 Å². The molecule has 6 nitrogen and oxygen atoms in total. The Morgan fingerprint density at radius 3 is 1.73 bits per heavy atom. The van der Waals surface area contributed by atoms with Crippen LogP contribution in [0.1, 0.15) is 43.0 Å². The molecule has 0 spiro atoms. The van der Waals surface area contributed by atoms with Gasteiger partial charge in [0.05, 0.1) is 28.1 Å². The van der Waals surface area contributed by atoms with Crippen LogP contribution in [-0.4, -0.2) is 30.1 Å². The maximum atomic E-state index is 15.0. The number of aryl methyl sites for hydroxylation is 1. The molecule has 2 amide bonds. The van der Waals surface area contributed by atoms with Crippen molar-refractivity contribution in [3.8, 4) is 12.1 Å². The third kappa shape index (κ3) is 6.11. The lowest BCUT2D eigenvalue weighted by molar-refractivity contribution is -0.389. The third-order valence-corrected chi connectivity index (χ3v) is 7.39. The molecule has 2 N–H and O–H groups in total. The Morgan fingerprint density at radius 1 is 0.727 bits per heavy atom. The standard InChI is InChI=1S/C27H13Br2F9N4O2/c1-12-4-2-3-5-16(12)22(43)41-20-9-17(13(10-39)6-14(20)11-40)23(44)42-21-18(28)7-15(8-19(21)29)24(30,26(33,34)35)25(31,32)27(36,37)38/h2-9H,1H3,(H,41,43)(H,42,44). The first-order valence-electron chi connectivity index (χ1n) is 11.6. The zero-order chi connectivity index (χ0) is 33.4. The number of benzene rings is 3. The topological polar surface area (TPSA) is 106 Å². The lowest BCUT2D eigenvalue weighted by atomic mass is 9.87. The SMILES string of the molecule is Cc1ccccc1C(=O)Nc1cc(C(=O)Nc2c(Br)cc(C(F)(C(F)(F)F)C(F)(F)C(F)(F)F)cc2Br)c(C#N)cc1C#N. The summed E-state index contributed by atoms with van der Waals surface area (Å²) in [6.07, 6.45) is -13.7. The summed E-state index contributed by atoms with van der Waals surface area (Å²) in [5, 5.41) is 23.6. The van der Waals surface area contributed by atoms with E-state index in [0.717, 1.165) is 12.1 Å². The molecule has 3 rings (SSSR count). The first-order chi connectivity index (χ1) is 20.2. The average molecular weight is 756 g/mol. The average Bonchev–Trinajstić information content (AvgIpc) is 2.92. The van der Waals surface area contributed by atoms with Crippen LogP contribution >= 0.6 is 31.9 Å². The second-order valence-electron chi connectivity index (χ2n) is 8.93. The highest BCUT2D eigenvalue weighted by Crippen LogP contribution is 2.59. The van der Waals surface area contributed by atoms with E-state index in [1.807, 2.05) is 0 Å². The van der Waals surface area contributed by atoms with Gasteiger partial charge < -0.3 is 10.6 Å². The van der Waals surface area contributed by atoms with Gasteiger partial charge in [0.15, 0.2) is 0 Å². The largest absolute Gasteiger partial charge is 0.457 e. The highest BCUT2D eigenvalue weighted by atomic mass is 79.9. The number of halogens is 11. The van der Waals surface area contributed by atoms with E-state index in [1.165, 1.54) is 6.07 Å². The van der Waals surface area contributed by atoms with Gasteiger partial charge in [-0.15, -0.1) is 0 Å². The summed E-state index contributed by atoms with van der Waals surface area (Å²) in [5.74, 6) is -8.81. The molecule has 0 fully saturated rings. The lowest BCUT2D eigenvalue weighted by Gasteiger charge is -2.36. The molecule has 0 bridgehead atoms. The number of nitriles is 2. The van der Waals surface area contributed by atoms with E-state index in [0.29, 0.717) is 5.56 Å². The van der Waals surface area contributed by atoms with E-state index in [-0.39, 0.29) is 28.9 Å². The molecule has 0 aliphatic carbocycles. The van der Waals surface area contributed by atoms with Crippen LogP contribution in [0.5, 0.6) is 0 Å². The second-order valence-corrected chi connectivity index (χ2v) is 10.6. The van der Waals surface area contributed by atoms with E-state index in [9.17, 15) is 59.6 Å². The predicted octanol–water partition coefficient (Wildman–Crippen LogP) is 8.69. The summed E-state index contributed by atoms with van der Waals surface area (Å²) in [6.45, 7) is 1.63. The summed E-state index contributed by atoms with van der Waals surface area (Å²) in [5.41, 5.74) is -9.54. The molecule has 0 saturated heterocycles. The van der Waals surface area contributed by atoms with Crippen LogP contribution in [0.4, 0.5) is 50.9 Å². The molecule has 1 atom stereocenters. The van der Waals surface area contributed by atoms with Gasteiger partial charge in [0.25, 0.3) is 11.8 Å². The molecule has 0 aromatic heterocycles. The van der Waals surface area contributed by atoms with Crippen molar-refractivity contribution in [1.82, 2.24) is 0 Å². The molecule has 44 heavy (non-hydrogen) atoms. The molecule has 3 aromatic rings. The molecule has 0 radical (unpaired) electrons. The number of anilines is 2. The highest BCUT2D eigenvalue weighted by Gasteiger charge is 2.81. The van der Waals surface area contributed by atoms with Gasteiger partial charge in [0, 0.05) is 20.1 Å². The lowest BCUT2D eigenvalue weighted by Crippen LogP contribution is -2.59. The summed E-state index contributed by atoms with van der Waals surface area (Å²) in [4.78, 5) is 26.0. The number of amides is 2. The van der Waals surface area contributed by atoms with Gasteiger partial charge in [-0.3, -0.25) is 9.59 Å². The molecule has 1 unspecified atom stereocenters. The van der Waals surface area contributed by atoms with Crippen LogP contribution in [-0.2, 0) is 5.67 Å². The van der Waals surface area contributed by atoms with Crippen molar-refractivity contribution in [3.05, 3.63) is 90.9 Å². The van der Waals surface area contributed by atoms with E-state index >= 15 is 0 Å². The van der Waals surface area contributed by atoms with Gasteiger partial charge in [-0.2, -0.15) is 45.6 Å². The van der Waals surface area contributed by atoms with Crippen molar-refractivity contribution in [1.29, 1.82) is 10.5 Å². The zero-order valence-electron chi connectivity index (χ0n) is 21.5. The smallest absolute Gasteiger partial charge is 0.321 e. The Bertz CT molecular complexity index is 1720. The van der Waals surface area contributed by atoms with Gasteiger partial charge >= 0.3 is 23.9 Å². The van der Waals surface area contributed by atoms with Crippen LogP contribution in [0.2, 0.25) is 0 Å². The van der Waals surface area contributed by atoms with Crippen molar-refractivity contribution in [2.45, 2.75) is 30.9 Å². The minimum absolute atomic E-state index is 0.0225. The van der Waals surface area contributed by atoms with Crippen LogP contribution in [0.15, 0.2) is 57.5 Å². The molecular formula is C27H13Br2F9N4O2. The molecule has 0 heterocycles. The number of rotatable bonds is 6. The summed E-state index contributed by atoms with van der Waals surface area (Å²) >= 11 is 5.29. The first-order valence-corrected chi connectivity index (χ1v) is 13.2. The Kier molecular flexibility index (Phi) is 9.48. The van der Waals surface area contributed by atoms with Gasteiger partial charge in [-0.1, -0.05) is 18.2 Å². The number of alkyl halides is 9. The Morgan fingerprint density at radius 2 is 1.25 bits per heavy atom. The van der Waals surface area contributed by atoms with Crippen molar-refractivity contribution in [3.63, 3.8) is 0 Å². The summed E-state index contributed by atoms with van der Waals surface area (Å²) < 4.78 is 120. The van der Waals surface area contributed by atoms with Gasteiger partial charge in [-0.25, -0.2) is 4.39 Å². The second kappa shape index (κ2) is 12.1. The molecule has 0 aliphatic heterocycles. The third-order valence-electron chi connectivity index (χ3n) is 6.14. The monoisotopic (exact) mass is 754 g/mol. The van der Waals surface area contributed by atoms with E-state index in [2.05, 4.69) is 42.5 Å². The zero-order valence-corrected chi connectivity index (χ0v) is 24.7. The number of nitrogens with one attached hydrogen (secondary N) is 2.